The normalized spacial score (nSPS) is 30.5. The predicted octanol–water partition coefficient (Wildman–Crippen LogP) is 3.83. The Bertz CT molecular complexity index is 2170. The second-order valence-electron chi connectivity index (χ2n) is 18.6. The van der Waals surface area contributed by atoms with Gasteiger partial charge in [-0.2, -0.15) is 0 Å². The van der Waals surface area contributed by atoms with Gasteiger partial charge in [-0.3, -0.25) is 28.8 Å². The first-order chi connectivity index (χ1) is 31.2. The van der Waals surface area contributed by atoms with E-state index in [9.17, 15) is 28.8 Å². The molecule has 4 saturated carbocycles. The largest absolute Gasteiger partial charge is 0.352 e. The lowest BCUT2D eigenvalue weighted by atomic mass is 9.94. The smallest absolute Gasteiger partial charge is 0.299 e. The van der Waals surface area contributed by atoms with E-state index in [1.165, 1.54) is 9.80 Å². The number of carbonyl (C=O) groups is 6. The van der Waals surface area contributed by atoms with Crippen molar-refractivity contribution in [2.24, 2.45) is 23.7 Å². The molecule has 0 aromatic heterocycles. The highest BCUT2D eigenvalue weighted by molar-refractivity contribution is 6.04. The third kappa shape index (κ3) is 9.03. The standard InChI is InChI=1S/C52H52N6O6/c59-47(57-27-39(49(61)53-43-23-35(43)31-13-5-1-6-14-31)40(28-57)50(62)54-44-24-36(44)32-15-7-2-8-16-32)21-22-48(60)58-29-41(51(63)55-45-25-37(45)33-17-9-3-10-18-33)42(30-58)52(64)56-46-26-38(46)34-19-11-4-12-20-34/h1-20,35-46H,23-30H2,(H,53,61)(H,54,62)(H,55,63)(H,56,64)/t35-,36-,37-,38-,39-,40-,41-,42?,43+,44+,45+,46+/m1/s1. The Morgan fingerprint density at radius 1 is 0.359 bits per heavy atom. The second-order valence-corrected chi connectivity index (χ2v) is 18.6. The van der Waals surface area contributed by atoms with Gasteiger partial charge in [-0.25, -0.2) is 0 Å². The molecule has 6 aliphatic rings. The van der Waals surface area contributed by atoms with E-state index in [0.717, 1.165) is 47.9 Å². The van der Waals surface area contributed by atoms with Crippen LogP contribution in [0, 0.1) is 35.5 Å². The Labute approximate surface area is 372 Å². The number of nitrogens with zero attached hydrogens (tertiary/aromatic N) is 2. The van der Waals surface area contributed by atoms with Crippen LogP contribution in [-0.2, 0) is 28.8 Å². The van der Waals surface area contributed by atoms with E-state index in [0.29, 0.717) is 0 Å². The molecule has 326 valence electrons. The van der Waals surface area contributed by atoms with Crippen molar-refractivity contribution in [2.75, 3.05) is 26.2 Å². The zero-order chi connectivity index (χ0) is 43.9. The van der Waals surface area contributed by atoms with Crippen molar-refractivity contribution < 1.29 is 28.8 Å². The SMILES string of the molecule is O=C(N[C@H]1C[C@@H]1c1ccccc1)C1CN(C(=O)C#CC(=O)N2C[C@@H](C(=O)N[C@H]3C[C@@H]3c3ccccc3)[C@H](C(=O)N[C@H]3C[C@@H]3c3ccccc3)C2)C[C@H]1C(=O)N[C@H]1C[C@@H]1c1ccccc1. The third-order valence-corrected chi connectivity index (χ3v) is 14.2. The van der Waals surface area contributed by atoms with Gasteiger partial charge in [0.1, 0.15) is 0 Å². The van der Waals surface area contributed by atoms with Gasteiger partial charge in [0.2, 0.25) is 23.6 Å². The number of carbonyl (C=O) groups excluding carboxylic acids is 6. The molecule has 6 fully saturated rings. The summed E-state index contributed by atoms with van der Waals surface area (Å²) in [5.41, 5.74) is 4.56. The maximum absolute atomic E-state index is 13.9. The van der Waals surface area contributed by atoms with Crippen molar-refractivity contribution in [1.82, 2.24) is 31.1 Å². The minimum atomic E-state index is -0.801. The molecule has 4 aliphatic carbocycles. The molecule has 12 heteroatoms. The van der Waals surface area contributed by atoms with Crippen LogP contribution in [0.25, 0.3) is 0 Å². The number of likely N-dealkylation sites (tertiary alicyclic amines) is 2. The Hall–Kier alpha value is -6.74. The lowest BCUT2D eigenvalue weighted by molar-refractivity contribution is -0.133. The van der Waals surface area contributed by atoms with Crippen molar-refractivity contribution >= 4 is 35.4 Å². The van der Waals surface area contributed by atoms with Gasteiger partial charge in [0.15, 0.2) is 0 Å². The highest BCUT2D eigenvalue weighted by Gasteiger charge is 2.51. The minimum Gasteiger partial charge on any atom is -0.352 e. The Balaban J connectivity index is 0.802. The van der Waals surface area contributed by atoms with Crippen LogP contribution in [-0.4, -0.2) is 95.6 Å². The predicted molar refractivity (Wildman–Crippen MR) is 238 cm³/mol. The van der Waals surface area contributed by atoms with Gasteiger partial charge in [0.25, 0.3) is 11.8 Å². The Morgan fingerprint density at radius 3 is 0.797 bits per heavy atom. The van der Waals surface area contributed by atoms with Crippen LogP contribution in [0.4, 0.5) is 0 Å². The molecule has 0 radical (unpaired) electrons. The molecule has 2 heterocycles. The van der Waals surface area contributed by atoms with Crippen molar-refractivity contribution in [3.05, 3.63) is 144 Å². The molecule has 12 atom stereocenters. The van der Waals surface area contributed by atoms with Crippen molar-refractivity contribution in [1.29, 1.82) is 0 Å². The second kappa shape index (κ2) is 17.4. The molecule has 4 N–H and O–H groups in total. The van der Waals surface area contributed by atoms with E-state index in [1.54, 1.807) is 0 Å². The number of hydrogen-bond donors (Lipinski definition) is 4. The zero-order valence-corrected chi connectivity index (χ0v) is 35.5. The average molecular weight is 857 g/mol. The van der Waals surface area contributed by atoms with Crippen LogP contribution in [0.5, 0.6) is 0 Å². The minimum absolute atomic E-state index is 0.0222. The lowest BCUT2D eigenvalue weighted by Gasteiger charge is -2.18. The molecule has 0 spiro atoms. The fourth-order valence-electron chi connectivity index (χ4n) is 10.1. The summed E-state index contributed by atoms with van der Waals surface area (Å²) in [5, 5.41) is 12.6. The van der Waals surface area contributed by atoms with Crippen molar-refractivity contribution in [2.45, 2.75) is 73.5 Å². The van der Waals surface area contributed by atoms with E-state index >= 15 is 0 Å². The van der Waals surface area contributed by atoms with E-state index < -0.39 is 35.5 Å². The van der Waals surface area contributed by atoms with Crippen molar-refractivity contribution in [3.63, 3.8) is 0 Å². The van der Waals surface area contributed by atoms with Gasteiger partial charge in [-0.15, -0.1) is 0 Å². The number of hydrogen-bond acceptors (Lipinski definition) is 6. The van der Waals surface area contributed by atoms with E-state index in [1.807, 2.05) is 121 Å². The number of amides is 6. The molecule has 4 aromatic carbocycles. The summed E-state index contributed by atoms with van der Waals surface area (Å²) in [4.78, 5) is 85.8. The number of nitrogens with one attached hydrogen (secondary N) is 4. The molecule has 64 heavy (non-hydrogen) atoms. The summed E-state index contributed by atoms with van der Waals surface area (Å²) in [6, 6.07) is 39.7. The number of rotatable bonds is 12. The average Bonchev–Trinajstić information content (AvgIpc) is 4.26. The first-order valence-electron chi connectivity index (χ1n) is 22.7. The van der Waals surface area contributed by atoms with Crippen LogP contribution in [0.15, 0.2) is 121 Å². The summed E-state index contributed by atoms with van der Waals surface area (Å²) in [7, 11) is 0. The maximum Gasteiger partial charge on any atom is 0.299 e. The molecule has 0 bridgehead atoms. The molecule has 4 aromatic rings. The summed E-state index contributed by atoms with van der Waals surface area (Å²) in [6.45, 7) is -0.0888. The van der Waals surface area contributed by atoms with Crippen LogP contribution in [0.2, 0.25) is 0 Å². The molecule has 12 nitrogen and oxygen atoms in total. The fourth-order valence-corrected chi connectivity index (χ4v) is 10.1. The van der Waals surface area contributed by atoms with E-state index in [-0.39, 0.29) is 97.6 Å². The molecule has 2 aliphatic heterocycles. The van der Waals surface area contributed by atoms with Gasteiger partial charge in [0, 0.05) is 85.9 Å². The Kier molecular flexibility index (Phi) is 11.2. The maximum atomic E-state index is 13.9. The summed E-state index contributed by atoms with van der Waals surface area (Å²) < 4.78 is 0. The van der Waals surface area contributed by atoms with Crippen LogP contribution < -0.4 is 21.3 Å². The third-order valence-electron chi connectivity index (χ3n) is 14.2. The Morgan fingerprint density at radius 2 is 0.578 bits per heavy atom. The highest BCUT2D eigenvalue weighted by Crippen LogP contribution is 2.44. The van der Waals surface area contributed by atoms with Gasteiger partial charge in [0.05, 0.1) is 23.7 Å². The quantitative estimate of drug-likeness (QED) is 0.159. The molecular formula is C52H52N6O6. The van der Waals surface area contributed by atoms with Crippen LogP contribution in [0.3, 0.4) is 0 Å². The van der Waals surface area contributed by atoms with E-state index in [2.05, 4.69) is 33.1 Å². The monoisotopic (exact) mass is 856 g/mol. The molecule has 6 amide bonds. The van der Waals surface area contributed by atoms with Gasteiger partial charge in [-0.1, -0.05) is 121 Å². The molecule has 1 unspecified atom stereocenters. The fraction of sp³-hybridized carbons (Fsp3) is 0.385. The van der Waals surface area contributed by atoms with Crippen LogP contribution in [0.1, 0.15) is 71.6 Å². The van der Waals surface area contributed by atoms with E-state index in [4.69, 9.17) is 0 Å². The first kappa shape index (κ1) is 41.3. The van der Waals surface area contributed by atoms with Gasteiger partial charge in [-0.05, 0) is 47.9 Å². The zero-order valence-electron chi connectivity index (χ0n) is 35.5. The molecule has 2 saturated heterocycles. The molecule has 10 rings (SSSR count). The lowest BCUT2D eigenvalue weighted by Crippen LogP contribution is -2.43. The highest BCUT2D eigenvalue weighted by atomic mass is 16.2. The number of benzene rings is 4. The topological polar surface area (TPSA) is 157 Å². The summed E-state index contributed by atoms with van der Waals surface area (Å²) >= 11 is 0. The summed E-state index contributed by atoms with van der Waals surface area (Å²) in [5.74, 6) is 0.0326. The van der Waals surface area contributed by atoms with Gasteiger partial charge < -0.3 is 31.1 Å². The first-order valence-corrected chi connectivity index (χ1v) is 22.7. The van der Waals surface area contributed by atoms with Crippen molar-refractivity contribution in [3.8, 4) is 11.8 Å². The molecular weight excluding hydrogens is 805 g/mol. The summed E-state index contributed by atoms with van der Waals surface area (Å²) in [6.07, 6.45) is 3.17. The van der Waals surface area contributed by atoms with Crippen LogP contribution >= 0.6 is 0 Å². The van der Waals surface area contributed by atoms with Gasteiger partial charge >= 0.3 is 0 Å².